The van der Waals surface area contributed by atoms with Crippen molar-refractivity contribution in [1.82, 2.24) is 0 Å². The van der Waals surface area contributed by atoms with Crippen molar-refractivity contribution in [2.45, 2.75) is 20.3 Å². The van der Waals surface area contributed by atoms with Gasteiger partial charge in [0.1, 0.15) is 0 Å². The summed E-state index contributed by atoms with van der Waals surface area (Å²) in [5.41, 5.74) is 1.26. The Kier molecular flexibility index (Phi) is 4.61. The van der Waals surface area contributed by atoms with E-state index in [2.05, 4.69) is 19.1 Å². The van der Waals surface area contributed by atoms with Gasteiger partial charge in [-0.25, -0.2) is 0 Å². The number of ether oxygens (including phenoxy) is 2. The SMILES string of the molecule is CC/C=C/C1COC/C1=C\OCC. The molecule has 0 aromatic rings. The molecule has 1 saturated heterocycles. The van der Waals surface area contributed by atoms with E-state index in [9.17, 15) is 0 Å². The fraction of sp³-hybridized carbons (Fsp3) is 0.636. The molecule has 0 N–H and O–H groups in total. The quantitative estimate of drug-likeness (QED) is 0.491. The van der Waals surface area contributed by atoms with E-state index in [1.807, 2.05) is 13.2 Å². The van der Waals surface area contributed by atoms with Crippen LogP contribution in [-0.4, -0.2) is 19.8 Å². The summed E-state index contributed by atoms with van der Waals surface area (Å²) in [4.78, 5) is 0. The van der Waals surface area contributed by atoms with Gasteiger partial charge in [-0.1, -0.05) is 19.1 Å². The van der Waals surface area contributed by atoms with Crippen molar-refractivity contribution < 1.29 is 9.47 Å². The van der Waals surface area contributed by atoms with Crippen LogP contribution in [0.3, 0.4) is 0 Å². The average Bonchev–Trinajstić information content (AvgIpc) is 2.59. The van der Waals surface area contributed by atoms with E-state index in [1.165, 1.54) is 5.57 Å². The first-order chi connectivity index (χ1) is 6.38. The molecule has 2 nitrogen and oxygen atoms in total. The lowest BCUT2D eigenvalue weighted by molar-refractivity contribution is 0.194. The van der Waals surface area contributed by atoms with E-state index in [4.69, 9.17) is 9.47 Å². The molecular formula is C11H18O2. The van der Waals surface area contributed by atoms with Gasteiger partial charge in [0.15, 0.2) is 0 Å². The molecule has 0 saturated carbocycles. The first-order valence-electron chi connectivity index (χ1n) is 4.93. The van der Waals surface area contributed by atoms with Gasteiger partial charge < -0.3 is 9.47 Å². The fourth-order valence-corrected chi connectivity index (χ4v) is 1.31. The Morgan fingerprint density at radius 2 is 2.38 bits per heavy atom. The van der Waals surface area contributed by atoms with Crippen LogP contribution in [0.2, 0.25) is 0 Å². The summed E-state index contributed by atoms with van der Waals surface area (Å²) in [7, 11) is 0. The Morgan fingerprint density at radius 1 is 1.54 bits per heavy atom. The van der Waals surface area contributed by atoms with Crippen LogP contribution < -0.4 is 0 Å². The molecule has 1 unspecified atom stereocenters. The monoisotopic (exact) mass is 182 g/mol. The van der Waals surface area contributed by atoms with E-state index >= 15 is 0 Å². The summed E-state index contributed by atoms with van der Waals surface area (Å²) in [6.07, 6.45) is 7.31. The number of hydrogen-bond donors (Lipinski definition) is 0. The summed E-state index contributed by atoms with van der Waals surface area (Å²) in [5, 5.41) is 0. The van der Waals surface area contributed by atoms with Gasteiger partial charge in [0.2, 0.25) is 0 Å². The maximum atomic E-state index is 5.36. The van der Waals surface area contributed by atoms with Gasteiger partial charge in [0.25, 0.3) is 0 Å². The van der Waals surface area contributed by atoms with Gasteiger partial charge in [0, 0.05) is 5.92 Å². The van der Waals surface area contributed by atoms with Crippen molar-refractivity contribution in [3.8, 4) is 0 Å². The van der Waals surface area contributed by atoms with Crippen molar-refractivity contribution in [2.75, 3.05) is 19.8 Å². The van der Waals surface area contributed by atoms with Crippen molar-refractivity contribution in [2.24, 2.45) is 5.92 Å². The molecule has 1 aliphatic heterocycles. The minimum Gasteiger partial charge on any atom is -0.501 e. The molecule has 0 bridgehead atoms. The van der Waals surface area contributed by atoms with Crippen LogP contribution in [0, 0.1) is 5.92 Å². The highest BCUT2D eigenvalue weighted by Crippen LogP contribution is 2.21. The lowest BCUT2D eigenvalue weighted by Gasteiger charge is -2.03. The second kappa shape index (κ2) is 5.81. The molecule has 1 atom stereocenters. The molecule has 0 aliphatic carbocycles. The Hall–Kier alpha value is -0.760. The molecular weight excluding hydrogens is 164 g/mol. The summed E-state index contributed by atoms with van der Waals surface area (Å²) in [6, 6.07) is 0. The van der Waals surface area contributed by atoms with E-state index in [0.29, 0.717) is 5.92 Å². The Morgan fingerprint density at radius 3 is 3.08 bits per heavy atom. The van der Waals surface area contributed by atoms with Crippen LogP contribution in [0.15, 0.2) is 24.0 Å². The maximum Gasteiger partial charge on any atom is 0.0850 e. The lowest BCUT2D eigenvalue weighted by atomic mass is 10.0. The van der Waals surface area contributed by atoms with E-state index in [0.717, 1.165) is 26.2 Å². The predicted molar refractivity (Wildman–Crippen MR) is 53.4 cm³/mol. The largest absolute Gasteiger partial charge is 0.501 e. The average molecular weight is 182 g/mol. The summed E-state index contributed by atoms with van der Waals surface area (Å²) < 4.78 is 10.6. The minimum absolute atomic E-state index is 0.437. The van der Waals surface area contributed by atoms with Gasteiger partial charge in [0.05, 0.1) is 26.1 Å². The molecule has 0 aromatic carbocycles. The highest BCUT2D eigenvalue weighted by Gasteiger charge is 2.18. The highest BCUT2D eigenvalue weighted by molar-refractivity contribution is 5.15. The third-order valence-electron chi connectivity index (χ3n) is 2.05. The second-order valence-corrected chi connectivity index (χ2v) is 3.11. The zero-order valence-corrected chi connectivity index (χ0v) is 8.45. The van der Waals surface area contributed by atoms with Crippen molar-refractivity contribution >= 4 is 0 Å². The topological polar surface area (TPSA) is 18.5 Å². The first kappa shape index (κ1) is 10.3. The molecule has 0 spiro atoms. The van der Waals surface area contributed by atoms with E-state index < -0.39 is 0 Å². The third-order valence-corrected chi connectivity index (χ3v) is 2.05. The van der Waals surface area contributed by atoms with Crippen LogP contribution in [0.25, 0.3) is 0 Å². The van der Waals surface area contributed by atoms with Gasteiger partial charge >= 0.3 is 0 Å². The van der Waals surface area contributed by atoms with Gasteiger partial charge in [-0.15, -0.1) is 0 Å². The molecule has 1 aliphatic rings. The van der Waals surface area contributed by atoms with Crippen molar-refractivity contribution in [3.05, 3.63) is 24.0 Å². The molecule has 0 amide bonds. The van der Waals surface area contributed by atoms with Crippen LogP contribution >= 0.6 is 0 Å². The van der Waals surface area contributed by atoms with Gasteiger partial charge in [-0.3, -0.25) is 0 Å². The second-order valence-electron chi connectivity index (χ2n) is 3.11. The Labute approximate surface area is 80.2 Å². The Balaban J connectivity index is 2.48. The van der Waals surface area contributed by atoms with Gasteiger partial charge in [-0.2, -0.15) is 0 Å². The molecule has 0 aromatic heterocycles. The molecule has 1 heterocycles. The van der Waals surface area contributed by atoms with E-state index in [1.54, 1.807) is 0 Å². The van der Waals surface area contributed by atoms with Gasteiger partial charge in [-0.05, 0) is 18.9 Å². The predicted octanol–water partition coefficient (Wildman–Crippen LogP) is 2.52. The minimum atomic E-state index is 0.437. The molecule has 1 rings (SSSR count). The number of hydrogen-bond acceptors (Lipinski definition) is 2. The standard InChI is InChI=1S/C11H18O2/c1-3-5-6-10-7-13-9-11(10)8-12-4-2/h5-6,8,10H,3-4,7,9H2,1-2H3/b6-5+,11-8+. The molecule has 1 fully saturated rings. The van der Waals surface area contributed by atoms with Crippen molar-refractivity contribution in [3.63, 3.8) is 0 Å². The van der Waals surface area contributed by atoms with Crippen LogP contribution in [0.5, 0.6) is 0 Å². The van der Waals surface area contributed by atoms with Crippen LogP contribution in [0.1, 0.15) is 20.3 Å². The van der Waals surface area contributed by atoms with E-state index in [-0.39, 0.29) is 0 Å². The smallest absolute Gasteiger partial charge is 0.0850 e. The molecule has 0 radical (unpaired) electrons. The maximum absolute atomic E-state index is 5.36. The van der Waals surface area contributed by atoms with Crippen LogP contribution in [-0.2, 0) is 9.47 Å². The summed E-state index contributed by atoms with van der Waals surface area (Å²) >= 11 is 0. The Bertz CT molecular complexity index is 194. The third kappa shape index (κ3) is 3.23. The summed E-state index contributed by atoms with van der Waals surface area (Å²) in [6.45, 7) is 6.38. The normalized spacial score (nSPS) is 26.0. The zero-order valence-electron chi connectivity index (χ0n) is 8.45. The molecule has 13 heavy (non-hydrogen) atoms. The number of rotatable bonds is 4. The van der Waals surface area contributed by atoms with Crippen molar-refractivity contribution in [1.29, 1.82) is 0 Å². The summed E-state index contributed by atoms with van der Waals surface area (Å²) in [5.74, 6) is 0.437. The first-order valence-corrected chi connectivity index (χ1v) is 4.93. The fourth-order valence-electron chi connectivity index (χ4n) is 1.31. The zero-order chi connectivity index (χ0) is 9.52. The lowest BCUT2D eigenvalue weighted by Crippen LogP contribution is -1.98. The van der Waals surface area contributed by atoms with Crippen LogP contribution in [0.4, 0.5) is 0 Å². The molecule has 2 heteroatoms. The number of allylic oxidation sites excluding steroid dienone is 1. The molecule has 74 valence electrons. The highest BCUT2D eigenvalue weighted by atomic mass is 16.5.